The predicted octanol–water partition coefficient (Wildman–Crippen LogP) is 4.23. The van der Waals surface area contributed by atoms with Crippen LogP contribution >= 0.6 is 23.2 Å². The van der Waals surface area contributed by atoms with Crippen LogP contribution in [-0.2, 0) is 4.74 Å². The number of nitrogens with one attached hydrogen (secondary N) is 2. The number of rotatable bonds is 5. The maximum Gasteiger partial charge on any atom is 0.410 e. The molecule has 3 rings (SSSR count). The Morgan fingerprint density at radius 1 is 1.36 bits per heavy atom. The number of halogens is 5. The predicted molar refractivity (Wildman–Crippen MR) is 99.0 cm³/mol. The van der Waals surface area contributed by atoms with E-state index in [1.54, 1.807) is 6.07 Å². The highest BCUT2D eigenvalue weighted by atomic mass is 35.5. The molecule has 0 aliphatic carbocycles. The second-order valence-electron chi connectivity index (χ2n) is 6.27. The number of amides is 1. The summed E-state index contributed by atoms with van der Waals surface area (Å²) in [4.78, 5) is 12.1. The molecule has 1 aliphatic rings. The van der Waals surface area contributed by atoms with Crippen molar-refractivity contribution in [2.75, 3.05) is 25.6 Å². The molecule has 1 aliphatic heterocycles. The van der Waals surface area contributed by atoms with Gasteiger partial charge < -0.3 is 15.4 Å². The van der Waals surface area contributed by atoms with E-state index in [-0.39, 0.29) is 36.1 Å². The Bertz CT molecular complexity index is 873. The van der Waals surface area contributed by atoms with E-state index in [0.29, 0.717) is 10.6 Å². The summed E-state index contributed by atoms with van der Waals surface area (Å²) in [7, 11) is 1.47. The van der Waals surface area contributed by atoms with Crippen LogP contribution in [0.25, 0.3) is 0 Å². The number of methoxy groups -OCH3 is 1. The van der Waals surface area contributed by atoms with Gasteiger partial charge in [0.15, 0.2) is 11.7 Å². The van der Waals surface area contributed by atoms with Crippen molar-refractivity contribution in [3.8, 4) is 0 Å². The standard InChI is InChI=1S/C17H17Cl2F3N4O2/c1-28-5-4-23-16(27)13-8-15-24-12(9-2-3-10(18)11(19)6-9)7-14(17(20,21)22)26(15)25-13/h2-3,6,8,12,14,24H,4-5,7H2,1H3,(H,23,27)/t12-,14-/m0/s1. The third kappa shape index (κ3) is 4.37. The number of alkyl halides is 3. The number of ether oxygens (including phenoxy) is 1. The molecule has 0 saturated heterocycles. The lowest BCUT2D eigenvalue weighted by Gasteiger charge is -2.33. The number of carbonyl (C=O) groups excluding carboxylic acids is 1. The smallest absolute Gasteiger partial charge is 0.383 e. The van der Waals surface area contributed by atoms with Crippen molar-refractivity contribution in [2.45, 2.75) is 24.7 Å². The zero-order chi connectivity index (χ0) is 20.5. The Balaban J connectivity index is 1.91. The summed E-state index contributed by atoms with van der Waals surface area (Å²) in [6.45, 7) is 0.502. The third-order valence-corrected chi connectivity index (χ3v) is 5.10. The first-order valence-electron chi connectivity index (χ1n) is 8.35. The maximum atomic E-state index is 13.7. The topological polar surface area (TPSA) is 68.2 Å². The number of benzene rings is 1. The molecule has 0 unspecified atom stereocenters. The SMILES string of the molecule is COCCNC(=O)c1cc2n(n1)[C@H](C(F)(F)F)C[C@@H](c1ccc(Cl)c(Cl)c1)N2. The van der Waals surface area contributed by atoms with Gasteiger partial charge in [0.1, 0.15) is 5.82 Å². The molecule has 1 aromatic carbocycles. The molecule has 11 heteroatoms. The first-order valence-corrected chi connectivity index (χ1v) is 9.11. The van der Waals surface area contributed by atoms with E-state index in [1.807, 2.05) is 0 Å². The summed E-state index contributed by atoms with van der Waals surface area (Å²) >= 11 is 11.9. The lowest BCUT2D eigenvalue weighted by atomic mass is 9.97. The molecule has 0 fully saturated rings. The Kier molecular flexibility index (Phi) is 6.07. The number of nitrogens with zero attached hydrogens (tertiary/aromatic N) is 2. The van der Waals surface area contributed by atoms with Crippen molar-refractivity contribution in [3.05, 3.63) is 45.6 Å². The second-order valence-corrected chi connectivity index (χ2v) is 7.09. The molecular weight excluding hydrogens is 420 g/mol. The van der Waals surface area contributed by atoms with Crippen molar-refractivity contribution in [1.82, 2.24) is 15.1 Å². The highest BCUT2D eigenvalue weighted by Crippen LogP contribution is 2.44. The fourth-order valence-corrected chi connectivity index (χ4v) is 3.30. The first-order chi connectivity index (χ1) is 13.2. The molecule has 152 valence electrons. The average Bonchev–Trinajstić information content (AvgIpc) is 3.06. The Morgan fingerprint density at radius 3 is 2.75 bits per heavy atom. The normalized spacial score (nSPS) is 19.1. The molecule has 0 spiro atoms. The van der Waals surface area contributed by atoms with E-state index in [1.165, 1.54) is 25.3 Å². The van der Waals surface area contributed by atoms with Crippen LogP contribution in [0.2, 0.25) is 10.0 Å². The van der Waals surface area contributed by atoms with E-state index < -0.39 is 24.2 Å². The van der Waals surface area contributed by atoms with Gasteiger partial charge in [0.2, 0.25) is 0 Å². The van der Waals surface area contributed by atoms with Crippen LogP contribution in [0.15, 0.2) is 24.3 Å². The Labute approximate surface area is 168 Å². The molecular formula is C17H17Cl2F3N4O2. The molecule has 2 atom stereocenters. The Morgan fingerprint density at radius 2 is 2.11 bits per heavy atom. The third-order valence-electron chi connectivity index (χ3n) is 4.36. The fourth-order valence-electron chi connectivity index (χ4n) is 2.99. The van der Waals surface area contributed by atoms with Gasteiger partial charge in [-0.3, -0.25) is 4.79 Å². The number of aromatic nitrogens is 2. The highest BCUT2D eigenvalue weighted by Gasteiger charge is 2.46. The van der Waals surface area contributed by atoms with Crippen LogP contribution < -0.4 is 10.6 Å². The molecule has 2 N–H and O–H groups in total. The molecule has 6 nitrogen and oxygen atoms in total. The van der Waals surface area contributed by atoms with E-state index in [2.05, 4.69) is 15.7 Å². The minimum Gasteiger partial charge on any atom is -0.383 e. The van der Waals surface area contributed by atoms with Crippen molar-refractivity contribution < 1.29 is 22.7 Å². The van der Waals surface area contributed by atoms with Gasteiger partial charge in [-0.05, 0) is 17.7 Å². The second kappa shape index (κ2) is 8.18. The summed E-state index contributed by atoms with van der Waals surface area (Å²) in [5, 5.41) is 9.97. The zero-order valence-electron chi connectivity index (χ0n) is 14.7. The number of carbonyl (C=O) groups is 1. The minimum atomic E-state index is -4.54. The van der Waals surface area contributed by atoms with Crippen molar-refractivity contribution in [2.24, 2.45) is 0 Å². The molecule has 0 radical (unpaired) electrons. The van der Waals surface area contributed by atoms with Crippen LogP contribution in [0.4, 0.5) is 19.0 Å². The molecule has 0 saturated carbocycles. The molecule has 0 bridgehead atoms. The quantitative estimate of drug-likeness (QED) is 0.688. The number of fused-ring (bicyclic) bond motifs is 1. The monoisotopic (exact) mass is 436 g/mol. The Hall–Kier alpha value is -1.97. The maximum absolute atomic E-state index is 13.7. The van der Waals surface area contributed by atoms with Gasteiger partial charge in [0, 0.05) is 26.1 Å². The van der Waals surface area contributed by atoms with Crippen LogP contribution in [0, 0.1) is 0 Å². The fraction of sp³-hybridized carbons (Fsp3) is 0.412. The van der Waals surface area contributed by atoms with Gasteiger partial charge in [-0.1, -0.05) is 29.3 Å². The summed E-state index contributed by atoms with van der Waals surface area (Å²) in [5.41, 5.74) is 0.449. The summed E-state index contributed by atoms with van der Waals surface area (Å²) in [5.74, 6) is -0.477. The minimum absolute atomic E-state index is 0.0986. The number of hydrogen-bond acceptors (Lipinski definition) is 4. The van der Waals surface area contributed by atoms with Gasteiger partial charge in [0.05, 0.1) is 22.7 Å². The largest absolute Gasteiger partial charge is 0.410 e. The van der Waals surface area contributed by atoms with Crippen LogP contribution in [0.5, 0.6) is 0 Å². The van der Waals surface area contributed by atoms with E-state index in [0.717, 1.165) is 4.68 Å². The number of anilines is 1. The molecule has 1 aromatic heterocycles. The average molecular weight is 437 g/mol. The summed E-state index contributed by atoms with van der Waals surface area (Å²) in [6, 6.07) is 3.41. The molecule has 2 heterocycles. The van der Waals surface area contributed by atoms with E-state index in [9.17, 15) is 18.0 Å². The molecule has 28 heavy (non-hydrogen) atoms. The van der Waals surface area contributed by atoms with Crippen molar-refractivity contribution in [1.29, 1.82) is 0 Å². The van der Waals surface area contributed by atoms with Crippen LogP contribution in [-0.4, -0.2) is 42.1 Å². The lowest BCUT2D eigenvalue weighted by Crippen LogP contribution is -2.36. The molecule has 2 aromatic rings. The summed E-state index contributed by atoms with van der Waals surface area (Å²) < 4.78 is 46.6. The van der Waals surface area contributed by atoms with Crippen molar-refractivity contribution >= 4 is 34.9 Å². The van der Waals surface area contributed by atoms with Gasteiger partial charge in [-0.25, -0.2) is 4.68 Å². The highest BCUT2D eigenvalue weighted by molar-refractivity contribution is 6.42. The first kappa shape index (κ1) is 20.8. The van der Waals surface area contributed by atoms with Gasteiger partial charge in [-0.15, -0.1) is 0 Å². The van der Waals surface area contributed by atoms with Gasteiger partial charge >= 0.3 is 6.18 Å². The van der Waals surface area contributed by atoms with E-state index >= 15 is 0 Å². The van der Waals surface area contributed by atoms with Gasteiger partial charge in [-0.2, -0.15) is 18.3 Å². The lowest BCUT2D eigenvalue weighted by molar-refractivity contribution is -0.173. The van der Waals surface area contributed by atoms with Gasteiger partial charge in [0.25, 0.3) is 5.91 Å². The zero-order valence-corrected chi connectivity index (χ0v) is 16.2. The molecule has 1 amide bonds. The van der Waals surface area contributed by atoms with E-state index in [4.69, 9.17) is 27.9 Å². The van der Waals surface area contributed by atoms with Crippen LogP contribution in [0.3, 0.4) is 0 Å². The summed E-state index contributed by atoms with van der Waals surface area (Å²) in [6.07, 6.45) is -4.85. The van der Waals surface area contributed by atoms with Crippen LogP contribution in [0.1, 0.15) is 34.6 Å². The van der Waals surface area contributed by atoms with Crippen molar-refractivity contribution in [3.63, 3.8) is 0 Å². The number of hydrogen-bond donors (Lipinski definition) is 2.